The molecule has 0 aliphatic carbocycles. The minimum absolute atomic E-state index is 0.870. The van der Waals surface area contributed by atoms with E-state index in [-0.39, 0.29) is 0 Å². The Morgan fingerprint density at radius 3 is 0.511 bits per heavy atom. The number of hydrogen-bond donors (Lipinski definition) is 0. The van der Waals surface area contributed by atoms with E-state index in [2.05, 4.69) is 358 Å². The van der Waals surface area contributed by atoms with Gasteiger partial charge in [-0.3, -0.25) is 18.3 Å². The summed E-state index contributed by atoms with van der Waals surface area (Å²) in [6.07, 6.45) is 0. The predicted molar refractivity (Wildman–Crippen MR) is 392 cm³/mol. The Morgan fingerprint density at radius 1 is 0.138 bits per heavy atom. The molecule has 19 aromatic rings. The topological polar surface area (TPSA) is 45.5 Å². The van der Waals surface area contributed by atoms with E-state index in [4.69, 9.17) is 9.97 Å². The van der Waals surface area contributed by atoms with Crippen molar-refractivity contribution in [2.45, 2.75) is 0 Å². The van der Waals surface area contributed by atoms with Crippen molar-refractivity contribution in [2.75, 3.05) is 0 Å². The number of fused-ring (bicyclic) bond motifs is 12. The predicted octanol–water partition coefficient (Wildman–Crippen LogP) is 22.9. The Labute approximate surface area is 542 Å². The quantitative estimate of drug-likeness (QED) is 0.137. The van der Waals surface area contributed by atoms with E-state index < -0.39 is 0 Å². The highest BCUT2D eigenvalue weighted by Crippen LogP contribution is 2.41. The smallest absolute Gasteiger partial charge is 0.140 e. The lowest BCUT2D eigenvalue weighted by Crippen LogP contribution is -2.04. The summed E-state index contributed by atoms with van der Waals surface area (Å²) in [7, 11) is 0. The van der Waals surface area contributed by atoms with Gasteiger partial charge in [-0.1, -0.05) is 261 Å². The second kappa shape index (κ2) is 21.5. The molecule has 6 heteroatoms. The van der Waals surface area contributed by atoms with Crippen LogP contribution in [0.4, 0.5) is 0 Å². The Balaban J connectivity index is 0.609. The third kappa shape index (κ3) is 8.65. The lowest BCUT2D eigenvalue weighted by molar-refractivity contribution is 1.01. The molecule has 0 fully saturated rings. The zero-order valence-corrected chi connectivity index (χ0v) is 51.0. The summed E-state index contributed by atoms with van der Waals surface area (Å²) in [5.74, 6) is 3.48. The van der Waals surface area contributed by atoms with Crippen LogP contribution in [0.2, 0.25) is 0 Å². The average molecular weight is 1200 g/mol. The molecule has 6 heterocycles. The first kappa shape index (κ1) is 53.2. The summed E-state index contributed by atoms with van der Waals surface area (Å²) in [4.78, 5) is 11.1. The number of benzene rings is 13. The SMILES string of the molecule is c1cc(-c2ccc(-c3ccc(-c4cc(-n5c6ccccc6c6ccccc65)nc(-n5c6ccccc6c6ccccc65)c4)cc3)cc2)cc(-c2ccc(-c3ccc(-c4cc(-n5c6ccccc6c6ccccc65)nc(-n5c6ccccc6c6ccccc65)c4)cc3)cc2)c1. The highest BCUT2D eigenvalue weighted by atomic mass is 15.1. The third-order valence-corrected chi connectivity index (χ3v) is 19.2. The molecule has 0 bridgehead atoms. The molecule has 0 amide bonds. The number of rotatable bonds is 10. The molecule has 6 nitrogen and oxygen atoms in total. The fourth-order valence-corrected chi connectivity index (χ4v) is 14.8. The summed E-state index contributed by atoms with van der Waals surface area (Å²) < 4.78 is 9.29. The first-order valence-electron chi connectivity index (χ1n) is 32.1. The van der Waals surface area contributed by atoms with Crippen molar-refractivity contribution in [1.29, 1.82) is 0 Å². The van der Waals surface area contributed by atoms with Crippen molar-refractivity contribution in [3.05, 3.63) is 340 Å². The van der Waals surface area contributed by atoms with Crippen molar-refractivity contribution in [1.82, 2.24) is 28.2 Å². The molecule has 0 saturated carbocycles. The van der Waals surface area contributed by atoms with Crippen LogP contribution in [0.25, 0.3) is 177 Å². The molecular weight excluding hydrogens is 1140 g/mol. The van der Waals surface area contributed by atoms with Gasteiger partial charge in [-0.25, -0.2) is 9.97 Å². The van der Waals surface area contributed by atoms with Crippen LogP contribution >= 0.6 is 0 Å². The van der Waals surface area contributed by atoms with Crippen LogP contribution in [0.1, 0.15) is 0 Å². The second-order valence-corrected chi connectivity index (χ2v) is 24.5. The molecule has 438 valence electrons. The first-order valence-corrected chi connectivity index (χ1v) is 32.1. The van der Waals surface area contributed by atoms with E-state index in [1.54, 1.807) is 0 Å². The molecule has 0 aliphatic rings. The molecule has 0 saturated heterocycles. The van der Waals surface area contributed by atoms with Crippen molar-refractivity contribution in [2.24, 2.45) is 0 Å². The largest absolute Gasteiger partial charge is 0.294 e. The second-order valence-electron chi connectivity index (χ2n) is 24.5. The highest BCUT2D eigenvalue weighted by molar-refractivity contribution is 6.12. The molecule has 13 aromatic carbocycles. The molecule has 19 rings (SSSR count). The molecule has 0 spiro atoms. The van der Waals surface area contributed by atoms with E-state index in [9.17, 15) is 0 Å². The zero-order chi connectivity index (χ0) is 61.8. The van der Waals surface area contributed by atoms with Crippen molar-refractivity contribution < 1.29 is 0 Å². The molecule has 94 heavy (non-hydrogen) atoms. The van der Waals surface area contributed by atoms with Gasteiger partial charge in [0.1, 0.15) is 23.3 Å². The fraction of sp³-hybridized carbons (Fsp3) is 0. The van der Waals surface area contributed by atoms with Gasteiger partial charge < -0.3 is 0 Å². The maximum Gasteiger partial charge on any atom is 0.140 e. The van der Waals surface area contributed by atoms with Gasteiger partial charge in [-0.05, 0) is 146 Å². The molecule has 0 N–H and O–H groups in total. The third-order valence-electron chi connectivity index (χ3n) is 19.2. The van der Waals surface area contributed by atoms with Crippen molar-refractivity contribution >= 4 is 87.2 Å². The monoisotopic (exact) mass is 1200 g/mol. The van der Waals surface area contributed by atoms with Gasteiger partial charge in [0, 0.05) is 43.1 Å². The summed E-state index contributed by atoms with van der Waals surface area (Å²) in [5, 5.41) is 9.64. The molecule has 6 aromatic heterocycles. The van der Waals surface area contributed by atoms with Gasteiger partial charge >= 0.3 is 0 Å². The summed E-state index contributed by atoms with van der Waals surface area (Å²) in [6, 6.07) is 123. The Kier molecular flexibility index (Phi) is 12.2. The summed E-state index contributed by atoms with van der Waals surface area (Å²) in [5.41, 5.74) is 22.8. The summed E-state index contributed by atoms with van der Waals surface area (Å²) >= 11 is 0. The standard InChI is InChI=1S/C88H56N6/c1-9-28-77-69(20-1)70-21-2-10-29-78(70)91(77)85-53-67(54-86(89-85)92-79-30-11-3-22-71(79)72-23-4-12-31-80(72)92)63-48-40-59(41-49-63)57-36-44-61(45-37-57)65-18-17-19-66(52-65)62-46-38-58(39-47-62)60-42-50-64(51-43-60)68-55-87(93-81-32-13-5-24-73(81)74-25-6-14-33-82(74)93)90-88(56-68)94-83-34-15-7-26-75(83)76-27-8-16-35-84(76)94/h1-56H. The van der Waals surface area contributed by atoms with Crippen LogP contribution < -0.4 is 0 Å². The van der Waals surface area contributed by atoms with Crippen molar-refractivity contribution in [3.8, 4) is 90.0 Å². The van der Waals surface area contributed by atoms with E-state index >= 15 is 0 Å². The van der Waals surface area contributed by atoms with Crippen LogP contribution in [0, 0.1) is 0 Å². The highest BCUT2D eigenvalue weighted by Gasteiger charge is 2.22. The van der Waals surface area contributed by atoms with Crippen LogP contribution in [0.5, 0.6) is 0 Å². The first-order chi connectivity index (χ1) is 46.6. The number of hydrogen-bond acceptors (Lipinski definition) is 2. The average Bonchev–Trinajstić information content (AvgIpc) is 1.64. The Bertz CT molecular complexity index is 5340. The van der Waals surface area contributed by atoms with Gasteiger partial charge in [0.15, 0.2) is 0 Å². The van der Waals surface area contributed by atoms with E-state index in [0.29, 0.717) is 0 Å². The van der Waals surface area contributed by atoms with Gasteiger partial charge in [-0.15, -0.1) is 0 Å². The molecule has 0 aliphatic heterocycles. The minimum Gasteiger partial charge on any atom is -0.294 e. The lowest BCUT2D eigenvalue weighted by Gasteiger charge is -2.15. The lowest BCUT2D eigenvalue weighted by atomic mass is 9.95. The molecular formula is C88H56N6. The van der Waals surface area contributed by atoms with Gasteiger partial charge in [0.25, 0.3) is 0 Å². The van der Waals surface area contributed by atoms with Crippen LogP contribution in [-0.4, -0.2) is 28.2 Å². The molecule has 0 radical (unpaired) electrons. The van der Waals surface area contributed by atoms with Crippen LogP contribution in [-0.2, 0) is 0 Å². The minimum atomic E-state index is 0.870. The maximum atomic E-state index is 5.55. The van der Waals surface area contributed by atoms with Crippen molar-refractivity contribution in [3.63, 3.8) is 0 Å². The maximum absolute atomic E-state index is 5.55. The number of nitrogens with zero attached hydrogens (tertiary/aromatic N) is 6. The Hall–Kier alpha value is -12.6. The number of para-hydroxylation sites is 8. The molecule has 0 atom stereocenters. The number of aromatic nitrogens is 6. The van der Waals surface area contributed by atoms with E-state index in [0.717, 1.165) is 112 Å². The van der Waals surface area contributed by atoms with Gasteiger partial charge in [0.2, 0.25) is 0 Å². The van der Waals surface area contributed by atoms with Gasteiger partial charge in [-0.2, -0.15) is 0 Å². The fourth-order valence-electron chi connectivity index (χ4n) is 14.8. The molecule has 0 unspecified atom stereocenters. The number of pyridine rings is 2. The normalized spacial score (nSPS) is 11.8. The Morgan fingerprint density at radius 2 is 0.309 bits per heavy atom. The van der Waals surface area contributed by atoms with Crippen LogP contribution in [0.15, 0.2) is 340 Å². The van der Waals surface area contributed by atoms with Gasteiger partial charge in [0.05, 0.1) is 44.1 Å². The summed E-state index contributed by atoms with van der Waals surface area (Å²) in [6.45, 7) is 0. The zero-order valence-electron chi connectivity index (χ0n) is 51.0. The van der Waals surface area contributed by atoms with E-state index in [1.807, 2.05) is 0 Å². The van der Waals surface area contributed by atoms with Crippen LogP contribution in [0.3, 0.4) is 0 Å². The van der Waals surface area contributed by atoms with E-state index in [1.165, 1.54) is 65.3 Å².